The largest absolute Gasteiger partial charge is 0.353 e. The van der Waals surface area contributed by atoms with Crippen molar-refractivity contribution in [1.29, 1.82) is 0 Å². The van der Waals surface area contributed by atoms with Gasteiger partial charge >= 0.3 is 0 Å². The smallest absolute Gasteiger partial charge is 0.223 e. The number of carbonyl (C=O) groups excluding carboxylic acids is 1. The Labute approximate surface area is 104 Å². The molecular formula is C12H23ClN2O. The van der Waals surface area contributed by atoms with Gasteiger partial charge in [-0.05, 0) is 38.1 Å². The van der Waals surface area contributed by atoms with Crippen molar-refractivity contribution in [2.75, 3.05) is 6.54 Å². The van der Waals surface area contributed by atoms with Gasteiger partial charge in [-0.3, -0.25) is 4.79 Å². The summed E-state index contributed by atoms with van der Waals surface area (Å²) < 4.78 is 0. The van der Waals surface area contributed by atoms with Crippen LogP contribution >= 0.6 is 12.4 Å². The van der Waals surface area contributed by atoms with Gasteiger partial charge in [-0.2, -0.15) is 0 Å². The molecule has 2 aliphatic carbocycles. The second-order valence-corrected chi connectivity index (χ2v) is 5.02. The first-order chi connectivity index (χ1) is 7.31. The van der Waals surface area contributed by atoms with Gasteiger partial charge in [0, 0.05) is 12.0 Å². The maximum atomic E-state index is 12.0. The molecule has 0 heterocycles. The Morgan fingerprint density at radius 3 is 2.44 bits per heavy atom. The van der Waals surface area contributed by atoms with Crippen molar-refractivity contribution in [2.45, 2.75) is 51.0 Å². The highest BCUT2D eigenvalue weighted by Gasteiger charge is 2.33. The number of amides is 1. The number of rotatable bonds is 3. The van der Waals surface area contributed by atoms with E-state index in [1.54, 1.807) is 0 Å². The second kappa shape index (κ2) is 6.45. The van der Waals surface area contributed by atoms with E-state index < -0.39 is 0 Å². The Balaban J connectivity index is 0.00000128. The lowest BCUT2D eigenvalue weighted by Crippen LogP contribution is -2.39. The highest BCUT2D eigenvalue weighted by molar-refractivity contribution is 5.85. The fourth-order valence-corrected chi connectivity index (χ4v) is 3.04. The van der Waals surface area contributed by atoms with Gasteiger partial charge in [-0.25, -0.2) is 0 Å². The van der Waals surface area contributed by atoms with E-state index >= 15 is 0 Å². The zero-order valence-corrected chi connectivity index (χ0v) is 10.6. The maximum absolute atomic E-state index is 12.0. The summed E-state index contributed by atoms with van der Waals surface area (Å²) >= 11 is 0. The highest BCUT2D eigenvalue weighted by atomic mass is 35.5. The van der Waals surface area contributed by atoms with Gasteiger partial charge in [0.1, 0.15) is 0 Å². The summed E-state index contributed by atoms with van der Waals surface area (Å²) in [5, 5.41) is 3.19. The first-order valence-corrected chi connectivity index (χ1v) is 6.31. The maximum Gasteiger partial charge on any atom is 0.223 e. The quantitative estimate of drug-likeness (QED) is 0.799. The number of hydrogen-bond acceptors (Lipinski definition) is 2. The molecular weight excluding hydrogens is 224 g/mol. The van der Waals surface area contributed by atoms with Crippen molar-refractivity contribution < 1.29 is 4.79 Å². The molecule has 2 aliphatic rings. The van der Waals surface area contributed by atoms with Gasteiger partial charge in [0.25, 0.3) is 0 Å². The van der Waals surface area contributed by atoms with Crippen LogP contribution in [0.25, 0.3) is 0 Å². The standard InChI is InChI=1S/C12H22N2O.ClH/c13-8-9-4-3-7-11(9)12(15)14-10-5-1-2-6-10;/h9-11H,1-8,13H2,(H,14,15);1H/t9-,11-;/m1./s1. The Kier molecular flexibility index (Phi) is 5.56. The third kappa shape index (κ3) is 3.11. The fourth-order valence-electron chi connectivity index (χ4n) is 3.04. The minimum absolute atomic E-state index is 0. The Morgan fingerprint density at radius 1 is 1.12 bits per heavy atom. The van der Waals surface area contributed by atoms with Crippen LogP contribution in [0.4, 0.5) is 0 Å². The van der Waals surface area contributed by atoms with Crippen LogP contribution in [0, 0.1) is 11.8 Å². The summed E-state index contributed by atoms with van der Waals surface area (Å²) in [5.74, 6) is 0.914. The monoisotopic (exact) mass is 246 g/mol. The molecule has 2 saturated carbocycles. The van der Waals surface area contributed by atoms with Crippen molar-refractivity contribution in [3.63, 3.8) is 0 Å². The minimum atomic E-state index is 0. The highest BCUT2D eigenvalue weighted by Crippen LogP contribution is 2.31. The zero-order chi connectivity index (χ0) is 10.7. The lowest BCUT2D eigenvalue weighted by atomic mass is 9.95. The van der Waals surface area contributed by atoms with Crippen molar-refractivity contribution in [3.05, 3.63) is 0 Å². The topological polar surface area (TPSA) is 55.1 Å². The van der Waals surface area contributed by atoms with Crippen LogP contribution in [-0.4, -0.2) is 18.5 Å². The Hall–Kier alpha value is -0.280. The molecule has 0 saturated heterocycles. The first kappa shape index (κ1) is 13.8. The Morgan fingerprint density at radius 2 is 1.81 bits per heavy atom. The second-order valence-electron chi connectivity index (χ2n) is 5.02. The summed E-state index contributed by atoms with van der Waals surface area (Å²) in [6.07, 6.45) is 8.24. The molecule has 0 aromatic carbocycles. The van der Waals surface area contributed by atoms with Crippen molar-refractivity contribution in [1.82, 2.24) is 5.32 Å². The number of nitrogens with one attached hydrogen (secondary N) is 1. The molecule has 16 heavy (non-hydrogen) atoms. The molecule has 3 nitrogen and oxygen atoms in total. The van der Waals surface area contributed by atoms with Crippen LogP contribution in [0.2, 0.25) is 0 Å². The predicted molar refractivity (Wildman–Crippen MR) is 67.5 cm³/mol. The normalized spacial score (nSPS) is 30.1. The molecule has 0 aromatic rings. The molecule has 0 aromatic heterocycles. The third-order valence-electron chi connectivity index (χ3n) is 4.00. The van der Waals surface area contributed by atoms with E-state index in [1.807, 2.05) is 0 Å². The molecule has 2 atom stereocenters. The van der Waals surface area contributed by atoms with E-state index in [0.29, 0.717) is 18.5 Å². The fraction of sp³-hybridized carbons (Fsp3) is 0.917. The van der Waals surface area contributed by atoms with Crippen LogP contribution in [0.15, 0.2) is 0 Å². The summed E-state index contributed by atoms with van der Waals surface area (Å²) in [7, 11) is 0. The number of halogens is 1. The zero-order valence-electron chi connectivity index (χ0n) is 9.78. The van der Waals surface area contributed by atoms with Gasteiger partial charge in [0.05, 0.1) is 0 Å². The van der Waals surface area contributed by atoms with Gasteiger partial charge in [-0.1, -0.05) is 19.3 Å². The van der Waals surface area contributed by atoms with E-state index in [4.69, 9.17) is 5.73 Å². The SMILES string of the molecule is Cl.NC[C@H]1CCC[C@H]1C(=O)NC1CCCC1. The number of hydrogen-bond donors (Lipinski definition) is 2. The lowest BCUT2D eigenvalue weighted by Gasteiger charge is -2.20. The molecule has 0 bridgehead atoms. The van der Waals surface area contributed by atoms with Gasteiger partial charge in [0.15, 0.2) is 0 Å². The summed E-state index contributed by atoms with van der Waals surface area (Å²) in [6.45, 7) is 0.669. The minimum Gasteiger partial charge on any atom is -0.353 e. The summed E-state index contributed by atoms with van der Waals surface area (Å²) in [6, 6.07) is 0.455. The average molecular weight is 247 g/mol. The molecule has 1 amide bonds. The van der Waals surface area contributed by atoms with E-state index in [1.165, 1.54) is 32.1 Å². The molecule has 3 N–H and O–H groups in total. The predicted octanol–water partition coefficient (Wildman–Crippen LogP) is 1.84. The van der Waals surface area contributed by atoms with Gasteiger partial charge < -0.3 is 11.1 Å². The lowest BCUT2D eigenvalue weighted by molar-refractivity contribution is -0.126. The van der Waals surface area contributed by atoms with Gasteiger partial charge in [0.2, 0.25) is 5.91 Å². The molecule has 0 unspecified atom stereocenters. The third-order valence-corrected chi connectivity index (χ3v) is 4.00. The van der Waals surface area contributed by atoms with Crippen LogP contribution in [-0.2, 0) is 4.79 Å². The number of nitrogens with two attached hydrogens (primary N) is 1. The molecule has 0 spiro atoms. The van der Waals surface area contributed by atoms with E-state index in [9.17, 15) is 4.79 Å². The molecule has 0 aliphatic heterocycles. The van der Waals surface area contributed by atoms with E-state index in [0.717, 1.165) is 12.8 Å². The van der Waals surface area contributed by atoms with E-state index in [2.05, 4.69) is 5.32 Å². The summed E-state index contributed by atoms with van der Waals surface area (Å²) in [4.78, 5) is 12.0. The number of carbonyl (C=O) groups is 1. The molecule has 2 fully saturated rings. The molecule has 2 rings (SSSR count). The molecule has 4 heteroatoms. The van der Waals surface area contributed by atoms with Crippen LogP contribution in [0.1, 0.15) is 44.9 Å². The van der Waals surface area contributed by atoms with Crippen LogP contribution in [0.3, 0.4) is 0 Å². The van der Waals surface area contributed by atoms with Crippen molar-refractivity contribution in [3.8, 4) is 0 Å². The van der Waals surface area contributed by atoms with Crippen molar-refractivity contribution >= 4 is 18.3 Å². The van der Waals surface area contributed by atoms with Crippen LogP contribution in [0.5, 0.6) is 0 Å². The molecule has 94 valence electrons. The Bertz CT molecular complexity index is 229. The van der Waals surface area contributed by atoms with Gasteiger partial charge in [-0.15, -0.1) is 12.4 Å². The van der Waals surface area contributed by atoms with Crippen LogP contribution < -0.4 is 11.1 Å². The molecule has 0 radical (unpaired) electrons. The van der Waals surface area contributed by atoms with E-state index in [-0.39, 0.29) is 24.2 Å². The summed E-state index contributed by atoms with van der Waals surface area (Å²) in [5.41, 5.74) is 5.69. The average Bonchev–Trinajstić information content (AvgIpc) is 2.86. The van der Waals surface area contributed by atoms with Crippen molar-refractivity contribution in [2.24, 2.45) is 17.6 Å². The first-order valence-electron chi connectivity index (χ1n) is 6.31.